The van der Waals surface area contributed by atoms with Crippen LogP contribution in [0.4, 0.5) is 8.78 Å². The average molecular weight is 494 g/mol. The highest BCUT2D eigenvalue weighted by atomic mass is 19.1. The van der Waals surface area contributed by atoms with Crippen LogP contribution in [0.25, 0.3) is 11.1 Å². The van der Waals surface area contributed by atoms with Gasteiger partial charge in [0.25, 0.3) is 0 Å². The Balaban J connectivity index is 1.38. The Labute approximate surface area is 209 Å². The van der Waals surface area contributed by atoms with Crippen LogP contribution >= 0.6 is 0 Å². The number of hydrogen-bond donors (Lipinski definition) is 2. The zero-order valence-electron chi connectivity index (χ0n) is 20.1. The van der Waals surface area contributed by atoms with Gasteiger partial charge in [-0.1, -0.05) is 18.2 Å². The predicted molar refractivity (Wildman–Crippen MR) is 134 cm³/mol. The Hall–Kier alpha value is -3.58. The Morgan fingerprint density at radius 1 is 1.06 bits per heavy atom. The van der Waals surface area contributed by atoms with E-state index in [1.54, 1.807) is 24.3 Å². The molecular weight excluding hydrogens is 464 g/mol. The molecule has 0 aromatic heterocycles. The lowest BCUT2D eigenvalue weighted by Crippen LogP contribution is -2.26. The van der Waals surface area contributed by atoms with Crippen LogP contribution in [-0.2, 0) is 0 Å². The van der Waals surface area contributed by atoms with Crippen LogP contribution < -0.4 is 9.47 Å². The SMILES string of the molecule is CC1=C(c2ccc(O)c(F)c2)C(c2ccc(OCCN3CCC(CF)C3)cc2)Oc2ccc(O)cc21. The van der Waals surface area contributed by atoms with Crippen LogP contribution in [0.2, 0.25) is 0 Å². The maximum Gasteiger partial charge on any atom is 0.165 e. The zero-order chi connectivity index (χ0) is 25.2. The van der Waals surface area contributed by atoms with Gasteiger partial charge in [-0.15, -0.1) is 0 Å². The largest absolute Gasteiger partial charge is 0.508 e. The van der Waals surface area contributed by atoms with Gasteiger partial charge in [0.05, 0.1) is 6.67 Å². The van der Waals surface area contributed by atoms with E-state index in [1.165, 1.54) is 12.1 Å². The molecule has 0 radical (unpaired) electrons. The van der Waals surface area contributed by atoms with Crippen LogP contribution in [0.3, 0.4) is 0 Å². The lowest BCUT2D eigenvalue weighted by Gasteiger charge is -2.31. The molecule has 3 aromatic carbocycles. The quantitative estimate of drug-likeness (QED) is 0.425. The summed E-state index contributed by atoms with van der Waals surface area (Å²) in [6.45, 7) is 4.61. The molecule has 2 aliphatic rings. The smallest absolute Gasteiger partial charge is 0.165 e. The monoisotopic (exact) mass is 493 g/mol. The summed E-state index contributed by atoms with van der Waals surface area (Å²) in [5.41, 5.74) is 3.76. The summed E-state index contributed by atoms with van der Waals surface area (Å²) < 4.78 is 39.4. The summed E-state index contributed by atoms with van der Waals surface area (Å²) in [4.78, 5) is 2.22. The molecule has 36 heavy (non-hydrogen) atoms. The highest BCUT2D eigenvalue weighted by Crippen LogP contribution is 2.47. The van der Waals surface area contributed by atoms with E-state index in [0.717, 1.165) is 54.1 Å². The molecule has 0 amide bonds. The Bertz CT molecular complexity index is 1270. The van der Waals surface area contributed by atoms with E-state index in [9.17, 15) is 19.0 Å². The second-order valence-electron chi connectivity index (χ2n) is 9.41. The number of ether oxygens (including phenoxy) is 2. The maximum atomic E-state index is 14.3. The summed E-state index contributed by atoms with van der Waals surface area (Å²) >= 11 is 0. The van der Waals surface area contributed by atoms with Gasteiger partial charge in [0.1, 0.15) is 30.0 Å². The first-order valence-electron chi connectivity index (χ1n) is 12.1. The number of allylic oxidation sites excluding steroid dienone is 1. The first kappa shape index (κ1) is 24.1. The van der Waals surface area contributed by atoms with Gasteiger partial charge in [-0.05, 0) is 79.1 Å². The average Bonchev–Trinajstić information content (AvgIpc) is 3.35. The van der Waals surface area contributed by atoms with Crippen LogP contribution in [0.5, 0.6) is 23.0 Å². The number of likely N-dealkylation sites (tertiary alicyclic amines) is 1. The maximum absolute atomic E-state index is 14.3. The van der Waals surface area contributed by atoms with Crippen molar-refractivity contribution < 1.29 is 28.5 Å². The third-order valence-corrected chi connectivity index (χ3v) is 6.98. The molecule has 2 heterocycles. The third kappa shape index (κ3) is 4.88. The first-order valence-corrected chi connectivity index (χ1v) is 12.1. The van der Waals surface area contributed by atoms with Gasteiger partial charge in [-0.25, -0.2) is 4.39 Å². The molecule has 2 N–H and O–H groups in total. The van der Waals surface area contributed by atoms with Gasteiger partial charge in [0, 0.05) is 30.1 Å². The zero-order valence-corrected chi connectivity index (χ0v) is 20.1. The van der Waals surface area contributed by atoms with Gasteiger partial charge < -0.3 is 19.7 Å². The van der Waals surface area contributed by atoms with Crippen molar-refractivity contribution in [2.24, 2.45) is 5.92 Å². The molecule has 0 bridgehead atoms. The number of halogens is 2. The number of hydrogen-bond acceptors (Lipinski definition) is 5. The van der Waals surface area contributed by atoms with Crippen LogP contribution in [-0.4, -0.2) is 48.0 Å². The lowest BCUT2D eigenvalue weighted by molar-refractivity contribution is 0.228. The van der Waals surface area contributed by atoms with Crippen molar-refractivity contribution in [3.05, 3.63) is 83.2 Å². The Morgan fingerprint density at radius 2 is 1.86 bits per heavy atom. The number of nitrogens with zero attached hydrogens (tertiary/aromatic N) is 1. The third-order valence-electron chi connectivity index (χ3n) is 6.98. The molecular formula is C29H29F2NO4. The van der Waals surface area contributed by atoms with Crippen molar-refractivity contribution in [3.63, 3.8) is 0 Å². The Kier molecular flexibility index (Phi) is 6.83. The number of alkyl halides is 1. The molecule has 2 unspecified atom stereocenters. The van der Waals surface area contributed by atoms with Gasteiger partial charge in [0.2, 0.25) is 0 Å². The number of aromatic hydroxyl groups is 2. The topological polar surface area (TPSA) is 62.2 Å². The van der Waals surface area contributed by atoms with Gasteiger partial charge in [-0.3, -0.25) is 9.29 Å². The second-order valence-corrected chi connectivity index (χ2v) is 9.41. The minimum Gasteiger partial charge on any atom is -0.508 e. The number of phenols is 2. The van der Waals surface area contributed by atoms with E-state index in [0.29, 0.717) is 17.9 Å². The summed E-state index contributed by atoms with van der Waals surface area (Å²) in [5.74, 6) is 0.463. The first-order chi connectivity index (χ1) is 17.4. The van der Waals surface area contributed by atoms with Crippen molar-refractivity contribution in [3.8, 4) is 23.0 Å². The predicted octanol–water partition coefficient (Wildman–Crippen LogP) is 5.97. The van der Waals surface area contributed by atoms with Crippen LogP contribution in [0.15, 0.2) is 60.7 Å². The van der Waals surface area contributed by atoms with Crippen LogP contribution in [0.1, 0.15) is 36.1 Å². The molecule has 2 atom stereocenters. The molecule has 7 heteroatoms. The van der Waals surface area contributed by atoms with Crippen LogP contribution in [0, 0.1) is 11.7 Å². The Morgan fingerprint density at radius 3 is 2.58 bits per heavy atom. The molecule has 3 aromatic rings. The molecule has 188 valence electrons. The van der Waals surface area contributed by atoms with E-state index in [4.69, 9.17) is 9.47 Å². The molecule has 1 fully saturated rings. The van der Waals surface area contributed by atoms with E-state index in [-0.39, 0.29) is 18.3 Å². The van der Waals surface area contributed by atoms with E-state index in [1.807, 2.05) is 31.2 Å². The number of rotatable bonds is 7. The number of benzene rings is 3. The standard InChI is InChI=1S/C29H29F2NO4/c1-18-24-15-22(33)5-9-27(24)36-29(28(18)21-4-8-26(34)25(31)14-21)20-2-6-23(7-3-20)35-13-12-32-11-10-19(16-30)17-32/h2-9,14-15,19,29,33-34H,10-13,16-17H2,1H3. The summed E-state index contributed by atoms with van der Waals surface area (Å²) in [7, 11) is 0. The van der Waals surface area contributed by atoms with Gasteiger partial charge in [0.15, 0.2) is 11.6 Å². The fourth-order valence-electron chi connectivity index (χ4n) is 4.99. The van der Waals surface area contributed by atoms with Crippen molar-refractivity contribution in [2.45, 2.75) is 19.4 Å². The summed E-state index contributed by atoms with van der Waals surface area (Å²) in [6.07, 6.45) is 0.373. The number of fused-ring (bicyclic) bond motifs is 1. The molecule has 5 rings (SSSR count). The minimum atomic E-state index is -0.715. The van der Waals surface area contributed by atoms with Gasteiger partial charge in [-0.2, -0.15) is 0 Å². The van der Waals surface area contributed by atoms with Gasteiger partial charge >= 0.3 is 0 Å². The molecule has 5 nitrogen and oxygen atoms in total. The van der Waals surface area contributed by atoms with Crippen molar-refractivity contribution in [2.75, 3.05) is 32.9 Å². The molecule has 0 spiro atoms. The fourth-order valence-corrected chi connectivity index (χ4v) is 4.99. The molecule has 0 saturated carbocycles. The normalized spacial score (nSPS) is 19.8. The minimum absolute atomic E-state index is 0.113. The van der Waals surface area contributed by atoms with Crippen molar-refractivity contribution in [1.82, 2.24) is 4.90 Å². The highest BCUT2D eigenvalue weighted by Gasteiger charge is 2.30. The summed E-state index contributed by atoms with van der Waals surface area (Å²) in [5, 5.41) is 19.7. The second kappa shape index (κ2) is 10.2. The van der Waals surface area contributed by atoms with Crippen molar-refractivity contribution in [1.29, 1.82) is 0 Å². The summed E-state index contributed by atoms with van der Waals surface area (Å²) in [6, 6.07) is 16.8. The van der Waals surface area contributed by atoms with Crippen molar-refractivity contribution >= 4 is 11.1 Å². The molecule has 1 saturated heterocycles. The fraction of sp³-hybridized carbons (Fsp3) is 0.310. The molecule has 0 aliphatic carbocycles. The van der Waals surface area contributed by atoms with E-state index >= 15 is 0 Å². The molecule has 2 aliphatic heterocycles. The van der Waals surface area contributed by atoms with E-state index in [2.05, 4.69) is 4.90 Å². The lowest BCUT2D eigenvalue weighted by atomic mass is 9.86. The number of phenolic OH excluding ortho intramolecular Hbond substituents is 2. The van der Waals surface area contributed by atoms with E-state index < -0.39 is 17.7 Å². The highest BCUT2D eigenvalue weighted by molar-refractivity contribution is 5.95.